The molecular formula is C7H10N4O3. The van der Waals surface area contributed by atoms with Gasteiger partial charge < -0.3 is 21.0 Å². The molecule has 0 amide bonds. The van der Waals surface area contributed by atoms with Gasteiger partial charge in [-0.15, -0.1) is 5.10 Å². The fourth-order valence-corrected chi connectivity index (χ4v) is 1.78. The molecule has 14 heavy (non-hydrogen) atoms. The number of nitrogens with two attached hydrogens (primary N) is 1. The van der Waals surface area contributed by atoms with E-state index in [2.05, 4.69) is 10.2 Å². The van der Waals surface area contributed by atoms with Gasteiger partial charge in [-0.2, -0.15) is 0 Å². The van der Waals surface area contributed by atoms with Crippen LogP contribution in [0, 0.1) is 10.1 Å². The summed E-state index contributed by atoms with van der Waals surface area (Å²) in [6.07, 6.45) is 1.57. The third kappa shape index (κ3) is 1.17. The molecule has 7 heteroatoms. The van der Waals surface area contributed by atoms with Crippen molar-refractivity contribution >= 4 is 5.82 Å². The number of rotatable bonds is 2. The standard InChI is InChI=1S/C7H10N4O3/c8-7(1-4(12)2-7)5-3-9-10-6(5)11(13)14/h3-4,12H,1-2,8H2,(H,9,10). The van der Waals surface area contributed by atoms with Gasteiger partial charge in [-0.25, -0.2) is 0 Å². The van der Waals surface area contributed by atoms with Crippen LogP contribution in [0.1, 0.15) is 18.4 Å². The van der Waals surface area contributed by atoms with Crippen LogP contribution in [0.15, 0.2) is 6.20 Å². The Bertz CT molecular complexity index is 369. The molecule has 0 aromatic carbocycles. The van der Waals surface area contributed by atoms with Crippen molar-refractivity contribution in [3.05, 3.63) is 21.9 Å². The van der Waals surface area contributed by atoms with Crippen molar-refractivity contribution in [2.75, 3.05) is 0 Å². The lowest BCUT2D eigenvalue weighted by Gasteiger charge is -2.40. The molecule has 1 aromatic heterocycles. The van der Waals surface area contributed by atoms with Crippen LogP contribution in [0.3, 0.4) is 0 Å². The molecular weight excluding hydrogens is 188 g/mol. The molecule has 0 radical (unpaired) electrons. The molecule has 0 unspecified atom stereocenters. The highest BCUT2D eigenvalue weighted by molar-refractivity contribution is 5.38. The van der Waals surface area contributed by atoms with Crippen LogP contribution in [0.2, 0.25) is 0 Å². The van der Waals surface area contributed by atoms with E-state index >= 15 is 0 Å². The lowest BCUT2D eigenvalue weighted by Crippen LogP contribution is -2.51. The summed E-state index contributed by atoms with van der Waals surface area (Å²) in [6.45, 7) is 0. The number of nitrogens with one attached hydrogen (secondary N) is 1. The van der Waals surface area contributed by atoms with Crippen LogP contribution in [-0.2, 0) is 5.54 Å². The Hall–Kier alpha value is -1.47. The van der Waals surface area contributed by atoms with Gasteiger partial charge in [0, 0.05) is 0 Å². The Labute approximate surface area is 79.1 Å². The quantitative estimate of drug-likeness (QED) is 0.442. The van der Waals surface area contributed by atoms with Crippen molar-refractivity contribution in [1.29, 1.82) is 0 Å². The zero-order chi connectivity index (χ0) is 10.3. The largest absolute Gasteiger partial charge is 0.393 e. The van der Waals surface area contributed by atoms with Crippen molar-refractivity contribution in [3.63, 3.8) is 0 Å². The van der Waals surface area contributed by atoms with Gasteiger partial charge in [-0.3, -0.25) is 0 Å². The fourth-order valence-electron chi connectivity index (χ4n) is 1.78. The molecule has 0 bridgehead atoms. The first kappa shape index (κ1) is 9.10. The van der Waals surface area contributed by atoms with Crippen LogP contribution >= 0.6 is 0 Å². The van der Waals surface area contributed by atoms with Crippen LogP contribution < -0.4 is 5.73 Å². The van der Waals surface area contributed by atoms with Gasteiger partial charge in [-0.05, 0) is 17.8 Å². The highest BCUT2D eigenvalue weighted by atomic mass is 16.6. The lowest BCUT2D eigenvalue weighted by molar-refractivity contribution is -0.391. The first-order valence-corrected chi connectivity index (χ1v) is 4.18. The SMILES string of the molecule is NC1(c2cn[nH]c2[N+](=O)[O-])CC(O)C1. The monoisotopic (exact) mass is 198 g/mol. The molecule has 0 atom stereocenters. The van der Waals surface area contributed by atoms with Crippen molar-refractivity contribution in [3.8, 4) is 0 Å². The van der Waals surface area contributed by atoms with E-state index in [9.17, 15) is 10.1 Å². The van der Waals surface area contributed by atoms with E-state index in [0.29, 0.717) is 18.4 Å². The molecule has 0 aliphatic heterocycles. The van der Waals surface area contributed by atoms with Crippen LogP contribution in [0.4, 0.5) is 5.82 Å². The molecule has 4 N–H and O–H groups in total. The van der Waals surface area contributed by atoms with Crippen LogP contribution in [-0.4, -0.2) is 26.3 Å². The van der Waals surface area contributed by atoms with E-state index in [4.69, 9.17) is 10.8 Å². The number of aliphatic hydroxyl groups is 1. The smallest absolute Gasteiger partial charge is 0.347 e. The van der Waals surface area contributed by atoms with Crippen molar-refractivity contribution < 1.29 is 10.0 Å². The maximum Gasteiger partial charge on any atom is 0.347 e. The van der Waals surface area contributed by atoms with Gasteiger partial charge in [0.2, 0.25) is 0 Å². The van der Waals surface area contributed by atoms with Gasteiger partial charge >= 0.3 is 5.82 Å². The second-order valence-corrected chi connectivity index (χ2v) is 3.61. The summed E-state index contributed by atoms with van der Waals surface area (Å²) in [7, 11) is 0. The first-order chi connectivity index (χ1) is 6.53. The van der Waals surface area contributed by atoms with Gasteiger partial charge in [0.25, 0.3) is 0 Å². The number of aromatic amines is 1. The van der Waals surface area contributed by atoms with E-state index in [1.807, 2.05) is 0 Å². The Morgan fingerprint density at radius 1 is 1.79 bits per heavy atom. The Kier molecular flexibility index (Phi) is 1.79. The number of aliphatic hydroxyl groups excluding tert-OH is 1. The minimum Gasteiger partial charge on any atom is -0.393 e. The van der Waals surface area contributed by atoms with Crippen LogP contribution in [0.5, 0.6) is 0 Å². The molecule has 1 aromatic rings. The fraction of sp³-hybridized carbons (Fsp3) is 0.571. The minimum absolute atomic E-state index is 0.181. The minimum atomic E-state index is -0.797. The molecule has 2 rings (SSSR count). The summed E-state index contributed by atoms with van der Waals surface area (Å²) >= 11 is 0. The van der Waals surface area contributed by atoms with E-state index in [1.165, 1.54) is 6.20 Å². The number of H-pyrrole nitrogens is 1. The molecule has 1 saturated carbocycles. The number of hydrogen-bond acceptors (Lipinski definition) is 5. The average Bonchev–Trinajstić information content (AvgIpc) is 2.48. The number of nitrogens with zero attached hydrogens (tertiary/aromatic N) is 2. The molecule has 76 valence electrons. The highest BCUT2D eigenvalue weighted by Gasteiger charge is 2.46. The maximum absolute atomic E-state index is 10.6. The van der Waals surface area contributed by atoms with Gasteiger partial charge in [0.05, 0.1) is 23.4 Å². The summed E-state index contributed by atoms with van der Waals surface area (Å²) < 4.78 is 0. The lowest BCUT2D eigenvalue weighted by atomic mass is 9.71. The summed E-state index contributed by atoms with van der Waals surface area (Å²) in [5.41, 5.74) is 5.44. The second-order valence-electron chi connectivity index (χ2n) is 3.61. The van der Waals surface area contributed by atoms with Gasteiger partial charge in [0.1, 0.15) is 0 Å². The number of nitro groups is 1. The van der Waals surface area contributed by atoms with E-state index in [-0.39, 0.29) is 5.82 Å². The highest BCUT2D eigenvalue weighted by Crippen LogP contribution is 2.41. The van der Waals surface area contributed by atoms with E-state index in [1.54, 1.807) is 0 Å². The molecule has 0 spiro atoms. The molecule has 0 saturated heterocycles. The zero-order valence-electron chi connectivity index (χ0n) is 7.30. The van der Waals surface area contributed by atoms with E-state index < -0.39 is 16.6 Å². The van der Waals surface area contributed by atoms with Crippen molar-refractivity contribution in [2.24, 2.45) is 5.73 Å². The summed E-state index contributed by atoms with van der Waals surface area (Å²) in [5.74, 6) is -0.181. The Morgan fingerprint density at radius 2 is 2.43 bits per heavy atom. The van der Waals surface area contributed by atoms with Gasteiger partial charge in [-0.1, -0.05) is 5.10 Å². The first-order valence-electron chi connectivity index (χ1n) is 4.18. The van der Waals surface area contributed by atoms with Gasteiger partial charge in [0.15, 0.2) is 0 Å². The zero-order valence-corrected chi connectivity index (χ0v) is 7.30. The Balaban J connectivity index is 2.33. The topological polar surface area (TPSA) is 118 Å². The second kappa shape index (κ2) is 2.76. The summed E-state index contributed by atoms with van der Waals surface area (Å²) in [4.78, 5) is 10.0. The molecule has 1 heterocycles. The summed E-state index contributed by atoms with van der Waals surface area (Å²) in [5, 5.41) is 25.6. The third-order valence-electron chi connectivity index (χ3n) is 2.54. The average molecular weight is 198 g/mol. The molecule has 7 nitrogen and oxygen atoms in total. The van der Waals surface area contributed by atoms with Crippen molar-refractivity contribution in [2.45, 2.75) is 24.5 Å². The van der Waals surface area contributed by atoms with E-state index in [0.717, 1.165) is 0 Å². The number of hydrogen-bond donors (Lipinski definition) is 3. The predicted octanol–water partition coefficient (Wildman–Crippen LogP) is -0.373. The summed E-state index contributed by atoms with van der Waals surface area (Å²) in [6, 6.07) is 0. The molecule has 1 fully saturated rings. The Morgan fingerprint density at radius 3 is 2.93 bits per heavy atom. The predicted molar refractivity (Wildman–Crippen MR) is 46.3 cm³/mol. The number of aromatic nitrogens is 2. The molecule has 1 aliphatic rings. The normalized spacial score (nSPS) is 31.1. The van der Waals surface area contributed by atoms with Crippen LogP contribution in [0.25, 0.3) is 0 Å². The maximum atomic E-state index is 10.6. The third-order valence-corrected chi connectivity index (χ3v) is 2.54. The van der Waals surface area contributed by atoms with Crippen molar-refractivity contribution in [1.82, 2.24) is 10.2 Å². The molecule has 1 aliphatic carbocycles.